The monoisotopic (exact) mass is 245 g/mol. The first kappa shape index (κ1) is 13.4. The lowest BCUT2D eigenvalue weighted by molar-refractivity contribution is -0.133. The molecule has 1 fully saturated rings. The Balaban J connectivity index is 2.12. The van der Waals surface area contributed by atoms with Crippen LogP contribution in [-0.2, 0) is 9.59 Å². The lowest BCUT2D eigenvalue weighted by Crippen LogP contribution is -2.35. The van der Waals surface area contributed by atoms with Gasteiger partial charge in [0.2, 0.25) is 5.91 Å². The number of carbonyl (C=O) groups excluding carboxylic acids is 1. The SMILES string of the molecule is CC1(CNC(=O)CSCC(=O)O)CCCC1. The summed E-state index contributed by atoms with van der Waals surface area (Å²) in [4.78, 5) is 21.6. The Bertz CT molecular complexity index is 262. The van der Waals surface area contributed by atoms with E-state index >= 15 is 0 Å². The maximum absolute atomic E-state index is 11.4. The Kier molecular flexibility index (Phi) is 5.12. The van der Waals surface area contributed by atoms with Crippen molar-refractivity contribution in [2.24, 2.45) is 5.41 Å². The van der Waals surface area contributed by atoms with Crippen LogP contribution in [0.5, 0.6) is 0 Å². The molecule has 1 rings (SSSR count). The fourth-order valence-electron chi connectivity index (χ4n) is 2.00. The number of carbonyl (C=O) groups is 2. The van der Waals surface area contributed by atoms with E-state index in [1.54, 1.807) is 0 Å². The van der Waals surface area contributed by atoms with Crippen LogP contribution in [0.15, 0.2) is 0 Å². The van der Waals surface area contributed by atoms with Crippen molar-refractivity contribution in [3.05, 3.63) is 0 Å². The average molecular weight is 245 g/mol. The van der Waals surface area contributed by atoms with Gasteiger partial charge in [-0.25, -0.2) is 0 Å². The van der Waals surface area contributed by atoms with E-state index in [0.717, 1.165) is 18.3 Å². The molecule has 16 heavy (non-hydrogen) atoms. The molecule has 5 heteroatoms. The summed E-state index contributed by atoms with van der Waals surface area (Å²) in [5.41, 5.74) is 0.257. The molecule has 1 saturated carbocycles. The summed E-state index contributed by atoms with van der Waals surface area (Å²) in [6, 6.07) is 0. The Morgan fingerprint density at radius 2 is 1.94 bits per heavy atom. The first-order chi connectivity index (χ1) is 7.52. The summed E-state index contributed by atoms with van der Waals surface area (Å²) in [5, 5.41) is 11.3. The molecular weight excluding hydrogens is 226 g/mol. The summed E-state index contributed by atoms with van der Waals surface area (Å²) in [5.74, 6) is -0.701. The van der Waals surface area contributed by atoms with Gasteiger partial charge in [-0.05, 0) is 18.3 Å². The number of carboxylic acid groups (broad SMARTS) is 1. The van der Waals surface area contributed by atoms with Crippen LogP contribution in [-0.4, -0.2) is 35.0 Å². The van der Waals surface area contributed by atoms with E-state index in [9.17, 15) is 9.59 Å². The first-order valence-corrected chi connectivity index (χ1v) is 6.74. The average Bonchev–Trinajstić information content (AvgIpc) is 2.62. The molecule has 0 aromatic carbocycles. The van der Waals surface area contributed by atoms with Gasteiger partial charge in [0.1, 0.15) is 0 Å². The third-order valence-electron chi connectivity index (χ3n) is 2.98. The molecule has 0 radical (unpaired) electrons. The van der Waals surface area contributed by atoms with Crippen LogP contribution >= 0.6 is 11.8 Å². The van der Waals surface area contributed by atoms with Crippen molar-refractivity contribution in [2.45, 2.75) is 32.6 Å². The molecule has 0 bridgehead atoms. The van der Waals surface area contributed by atoms with Crippen molar-refractivity contribution in [3.8, 4) is 0 Å². The van der Waals surface area contributed by atoms with E-state index in [1.165, 1.54) is 25.7 Å². The number of nitrogens with one attached hydrogen (secondary N) is 1. The zero-order chi connectivity index (χ0) is 12.0. The van der Waals surface area contributed by atoms with E-state index < -0.39 is 5.97 Å². The van der Waals surface area contributed by atoms with E-state index in [0.29, 0.717) is 0 Å². The van der Waals surface area contributed by atoms with Crippen molar-refractivity contribution >= 4 is 23.6 Å². The molecule has 0 aliphatic heterocycles. The van der Waals surface area contributed by atoms with Gasteiger partial charge in [0.05, 0.1) is 11.5 Å². The minimum atomic E-state index is -0.874. The molecule has 1 aliphatic rings. The second-order valence-electron chi connectivity index (χ2n) is 4.68. The zero-order valence-corrected chi connectivity index (χ0v) is 10.4. The number of hydrogen-bond acceptors (Lipinski definition) is 3. The highest BCUT2D eigenvalue weighted by molar-refractivity contribution is 8.00. The maximum atomic E-state index is 11.4. The predicted octanol–water partition coefficient (Wildman–Crippen LogP) is 1.50. The number of aliphatic carboxylic acids is 1. The lowest BCUT2D eigenvalue weighted by atomic mass is 9.89. The van der Waals surface area contributed by atoms with E-state index in [4.69, 9.17) is 5.11 Å². The zero-order valence-electron chi connectivity index (χ0n) is 9.62. The molecule has 0 saturated heterocycles. The second-order valence-corrected chi connectivity index (χ2v) is 5.67. The van der Waals surface area contributed by atoms with Gasteiger partial charge in [0.15, 0.2) is 0 Å². The maximum Gasteiger partial charge on any atom is 0.313 e. The predicted molar refractivity (Wildman–Crippen MR) is 64.5 cm³/mol. The molecule has 0 aromatic heterocycles. The van der Waals surface area contributed by atoms with Gasteiger partial charge in [-0.2, -0.15) is 0 Å². The molecule has 0 spiro atoms. The number of thioether (sulfide) groups is 1. The van der Waals surface area contributed by atoms with Gasteiger partial charge in [-0.1, -0.05) is 19.8 Å². The highest BCUT2D eigenvalue weighted by Gasteiger charge is 2.28. The Morgan fingerprint density at radius 1 is 1.31 bits per heavy atom. The van der Waals surface area contributed by atoms with Gasteiger partial charge in [-0.15, -0.1) is 11.8 Å². The Labute approximate surface area is 100 Å². The molecule has 92 valence electrons. The van der Waals surface area contributed by atoms with Gasteiger partial charge >= 0.3 is 5.97 Å². The van der Waals surface area contributed by atoms with Crippen LogP contribution < -0.4 is 5.32 Å². The highest BCUT2D eigenvalue weighted by atomic mass is 32.2. The van der Waals surface area contributed by atoms with Crippen molar-refractivity contribution in [3.63, 3.8) is 0 Å². The minimum absolute atomic E-state index is 0.00924. The topological polar surface area (TPSA) is 66.4 Å². The molecule has 0 unspecified atom stereocenters. The van der Waals surface area contributed by atoms with E-state index in [1.807, 2.05) is 0 Å². The number of rotatable bonds is 6. The molecule has 1 aliphatic carbocycles. The third-order valence-corrected chi connectivity index (χ3v) is 3.90. The Morgan fingerprint density at radius 3 is 2.50 bits per heavy atom. The summed E-state index contributed by atoms with van der Waals surface area (Å²) < 4.78 is 0. The highest BCUT2D eigenvalue weighted by Crippen LogP contribution is 2.36. The fourth-order valence-corrected chi connectivity index (χ4v) is 2.56. The van der Waals surface area contributed by atoms with Crippen molar-refractivity contribution in [1.29, 1.82) is 0 Å². The van der Waals surface area contributed by atoms with Crippen LogP contribution in [0.4, 0.5) is 0 Å². The second kappa shape index (κ2) is 6.13. The van der Waals surface area contributed by atoms with Crippen LogP contribution in [0.25, 0.3) is 0 Å². The van der Waals surface area contributed by atoms with Gasteiger partial charge in [0.25, 0.3) is 0 Å². The fraction of sp³-hybridized carbons (Fsp3) is 0.818. The summed E-state index contributed by atoms with van der Waals surface area (Å²) >= 11 is 1.14. The number of hydrogen-bond donors (Lipinski definition) is 2. The number of carboxylic acids is 1. The summed E-state index contributed by atoms with van der Waals surface area (Å²) in [7, 11) is 0. The lowest BCUT2D eigenvalue weighted by Gasteiger charge is -2.23. The molecule has 0 heterocycles. The van der Waals surface area contributed by atoms with E-state index in [-0.39, 0.29) is 22.8 Å². The first-order valence-electron chi connectivity index (χ1n) is 5.58. The third kappa shape index (κ3) is 4.88. The molecule has 0 aromatic rings. The van der Waals surface area contributed by atoms with Crippen LogP contribution in [0.3, 0.4) is 0 Å². The molecule has 0 atom stereocenters. The standard InChI is InChI=1S/C11H19NO3S/c1-11(4-2-3-5-11)8-12-9(13)6-16-7-10(14)15/h2-8H2,1H3,(H,12,13)(H,14,15). The van der Waals surface area contributed by atoms with Crippen molar-refractivity contribution < 1.29 is 14.7 Å². The van der Waals surface area contributed by atoms with Crippen molar-refractivity contribution in [1.82, 2.24) is 5.32 Å². The smallest absolute Gasteiger partial charge is 0.313 e. The number of amides is 1. The summed E-state index contributed by atoms with van der Waals surface area (Å²) in [6.07, 6.45) is 4.85. The molecule has 2 N–H and O–H groups in total. The van der Waals surface area contributed by atoms with Gasteiger partial charge < -0.3 is 10.4 Å². The van der Waals surface area contributed by atoms with Crippen LogP contribution in [0.1, 0.15) is 32.6 Å². The van der Waals surface area contributed by atoms with Crippen LogP contribution in [0.2, 0.25) is 0 Å². The molecular formula is C11H19NO3S. The minimum Gasteiger partial charge on any atom is -0.481 e. The van der Waals surface area contributed by atoms with E-state index in [2.05, 4.69) is 12.2 Å². The molecule has 4 nitrogen and oxygen atoms in total. The normalized spacial score (nSPS) is 18.3. The molecule has 1 amide bonds. The van der Waals surface area contributed by atoms with Crippen molar-refractivity contribution in [2.75, 3.05) is 18.1 Å². The largest absolute Gasteiger partial charge is 0.481 e. The van der Waals surface area contributed by atoms with Gasteiger partial charge in [-0.3, -0.25) is 9.59 Å². The quantitative estimate of drug-likeness (QED) is 0.744. The van der Waals surface area contributed by atoms with Gasteiger partial charge in [0, 0.05) is 6.54 Å². The Hall–Kier alpha value is -0.710. The summed E-state index contributed by atoms with van der Waals surface area (Å²) in [6.45, 7) is 2.92. The van der Waals surface area contributed by atoms with Crippen LogP contribution in [0, 0.1) is 5.41 Å².